The second kappa shape index (κ2) is 11.7. The lowest BCUT2D eigenvalue weighted by Crippen LogP contribution is -2.53. The van der Waals surface area contributed by atoms with Crippen molar-refractivity contribution in [1.82, 2.24) is 10.2 Å². The molecule has 0 spiro atoms. The number of anilines is 1. The molecule has 3 amide bonds. The second-order valence-corrected chi connectivity index (χ2v) is 9.74. The molecule has 0 fully saturated rings. The predicted molar refractivity (Wildman–Crippen MR) is 136 cm³/mol. The molecule has 0 bridgehead atoms. The number of hydrogen-bond donors (Lipinski definition) is 2. The van der Waals surface area contributed by atoms with Crippen LogP contribution in [0.5, 0.6) is 5.75 Å². The van der Waals surface area contributed by atoms with Crippen molar-refractivity contribution in [3.8, 4) is 5.75 Å². The summed E-state index contributed by atoms with van der Waals surface area (Å²) in [5, 5.41) is 5.50. The van der Waals surface area contributed by atoms with Crippen LogP contribution in [0.1, 0.15) is 58.7 Å². The third-order valence-corrected chi connectivity index (χ3v) is 5.16. The maximum atomic E-state index is 13.6. The van der Waals surface area contributed by atoms with Crippen molar-refractivity contribution in [2.75, 3.05) is 12.4 Å². The van der Waals surface area contributed by atoms with Gasteiger partial charge in [0.15, 0.2) is 0 Å². The van der Waals surface area contributed by atoms with Gasteiger partial charge < -0.3 is 25.0 Å². The van der Waals surface area contributed by atoms with E-state index in [0.717, 1.165) is 5.56 Å². The number of hydrogen-bond acceptors (Lipinski definition) is 5. The normalized spacial score (nSPS) is 12.9. The molecule has 2 aromatic carbocycles. The Morgan fingerprint density at radius 1 is 0.971 bits per heavy atom. The van der Waals surface area contributed by atoms with Crippen LogP contribution >= 0.6 is 0 Å². The average Bonchev–Trinajstić information content (AvgIpc) is 2.75. The Labute approximate surface area is 208 Å². The smallest absolute Gasteiger partial charge is 0.408 e. The van der Waals surface area contributed by atoms with E-state index < -0.39 is 29.7 Å². The lowest BCUT2D eigenvalue weighted by molar-refractivity contribution is -0.142. The molecule has 2 aromatic rings. The zero-order valence-electron chi connectivity index (χ0n) is 21.8. The topological polar surface area (TPSA) is 97.0 Å². The first-order valence-electron chi connectivity index (χ1n) is 11.7. The lowest BCUT2D eigenvalue weighted by Gasteiger charge is -2.36. The molecule has 2 unspecified atom stereocenters. The van der Waals surface area contributed by atoms with Gasteiger partial charge >= 0.3 is 6.09 Å². The summed E-state index contributed by atoms with van der Waals surface area (Å²) in [5.41, 5.74) is 1.50. The van der Waals surface area contributed by atoms with E-state index in [9.17, 15) is 14.4 Å². The van der Waals surface area contributed by atoms with Crippen LogP contribution in [-0.2, 0) is 14.3 Å². The van der Waals surface area contributed by atoms with Crippen LogP contribution < -0.4 is 15.4 Å². The minimum absolute atomic E-state index is 0.336. The molecule has 0 saturated carbocycles. The number of rotatable bonds is 8. The van der Waals surface area contributed by atoms with Gasteiger partial charge in [0.1, 0.15) is 23.4 Å². The summed E-state index contributed by atoms with van der Waals surface area (Å²) in [5.74, 6) is -0.103. The minimum Gasteiger partial charge on any atom is -0.497 e. The summed E-state index contributed by atoms with van der Waals surface area (Å²) in [6, 6.07) is 12.3. The van der Waals surface area contributed by atoms with Crippen molar-refractivity contribution in [1.29, 1.82) is 0 Å². The highest BCUT2D eigenvalue weighted by molar-refractivity contribution is 5.99. The van der Waals surface area contributed by atoms with Crippen LogP contribution in [0.15, 0.2) is 48.5 Å². The largest absolute Gasteiger partial charge is 0.497 e. The van der Waals surface area contributed by atoms with E-state index in [1.165, 1.54) is 4.90 Å². The fourth-order valence-electron chi connectivity index (χ4n) is 3.61. The van der Waals surface area contributed by atoms with Crippen molar-refractivity contribution in [3.05, 3.63) is 59.7 Å². The number of benzene rings is 2. The van der Waals surface area contributed by atoms with E-state index in [-0.39, 0.29) is 11.9 Å². The number of nitrogens with one attached hydrogen (secondary N) is 2. The molecule has 0 saturated heterocycles. The Bertz CT molecular complexity index is 1030. The lowest BCUT2D eigenvalue weighted by atomic mass is 9.99. The number of amides is 3. The van der Waals surface area contributed by atoms with Gasteiger partial charge in [-0.3, -0.25) is 9.59 Å². The first-order chi connectivity index (χ1) is 16.3. The summed E-state index contributed by atoms with van der Waals surface area (Å²) < 4.78 is 10.5. The Kier molecular flexibility index (Phi) is 9.28. The molecule has 8 nitrogen and oxygen atoms in total. The molecule has 0 aliphatic carbocycles. The summed E-state index contributed by atoms with van der Waals surface area (Å²) in [4.78, 5) is 41.0. The number of nitrogens with zero attached hydrogens (tertiary/aromatic N) is 1. The van der Waals surface area contributed by atoms with Gasteiger partial charge in [-0.1, -0.05) is 29.8 Å². The Hall–Kier alpha value is -3.55. The van der Waals surface area contributed by atoms with Crippen LogP contribution in [0.4, 0.5) is 10.5 Å². The van der Waals surface area contributed by atoms with Crippen molar-refractivity contribution < 1.29 is 23.9 Å². The number of ether oxygens (including phenoxy) is 2. The quantitative estimate of drug-likeness (QED) is 0.560. The zero-order chi connectivity index (χ0) is 26.3. The van der Waals surface area contributed by atoms with Crippen LogP contribution in [-0.4, -0.2) is 47.6 Å². The van der Waals surface area contributed by atoms with Crippen LogP contribution in [0.25, 0.3) is 0 Å². The molecule has 0 aliphatic heterocycles. The van der Waals surface area contributed by atoms with Gasteiger partial charge in [-0.15, -0.1) is 0 Å². The first kappa shape index (κ1) is 27.7. The molecular weight excluding hydrogens is 446 g/mol. The van der Waals surface area contributed by atoms with Gasteiger partial charge in [0.25, 0.3) is 5.91 Å². The van der Waals surface area contributed by atoms with E-state index in [4.69, 9.17) is 9.47 Å². The van der Waals surface area contributed by atoms with Crippen molar-refractivity contribution in [3.63, 3.8) is 0 Å². The average molecular weight is 484 g/mol. The maximum Gasteiger partial charge on any atom is 0.408 e. The number of carbonyl (C=O) groups is 3. The highest BCUT2D eigenvalue weighted by Crippen LogP contribution is 2.27. The third kappa shape index (κ3) is 8.02. The fraction of sp³-hybridized carbons (Fsp3) is 0.444. The van der Waals surface area contributed by atoms with Gasteiger partial charge in [-0.25, -0.2) is 4.79 Å². The third-order valence-electron chi connectivity index (χ3n) is 5.16. The SMILES string of the molecule is COc1ccc(NC(=O)C(c2cccc(C)c2)N(C(=O)C(C)NC(=O)OC(C)(C)C)C(C)C)cc1. The number of carbonyl (C=O) groups excluding carboxylic acids is 3. The summed E-state index contributed by atoms with van der Waals surface area (Å²) >= 11 is 0. The van der Waals surface area contributed by atoms with Crippen molar-refractivity contribution >= 4 is 23.6 Å². The molecule has 190 valence electrons. The van der Waals surface area contributed by atoms with Crippen LogP contribution in [0.2, 0.25) is 0 Å². The minimum atomic E-state index is -0.924. The highest BCUT2D eigenvalue weighted by atomic mass is 16.6. The number of methoxy groups -OCH3 is 1. The van der Waals surface area contributed by atoms with Gasteiger partial charge in [-0.2, -0.15) is 0 Å². The molecule has 0 aliphatic rings. The first-order valence-corrected chi connectivity index (χ1v) is 11.7. The molecule has 2 rings (SSSR count). The van der Waals surface area contributed by atoms with Crippen molar-refractivity contribution in [2.45, 2.75) is 72.2 Å². The molecule has 2 N–H and O–H groups in total. The zero-order valence-corrected chi connectivity index (χ0v) is 21.8. The summed E-state index contributed by atoms with van der Waals surface area (Å²) in [6.45, 7) is 12.4. The molecule has 35 heavy (non-hydrogen) atoms. The van der Waals surface area contributed by atoms with Gasteiger partial charge in [-0.05, 0) is 78.3 Å². The van der Waals surface area contributed by atoms with E-state index in [1.807, 2.05) is 45.0 Å². The second-order valence-electron chi connectivity index (χ2n) is 9.74. The van der Waals surface area contributed by atoms with Gasteiger partial charge in [0.05, 0.1) is 7.11 Å². The monoisotopic (exact) mass is 483 g/mol. The van der Waals surface area contributed by atoms with E-state index in [0.29, 0.717) is 17.0 Å². The molecular formula is C27H37N3O5. The Morgan fingerprint density at radius 3 is 2.11 bits per heavy atom. The molecule has 0 radical (unpaired) electrons. The molecule has 0 heterocycles. The Morgan fingerprint density at radius 2 is 1.60 bits per heavy atom. The number of aryl methyl sites for hydroxylation is 1. The highest BCUT2D eigenvalue weighted by Gasteiger charge is 2.36. The van der Waals surface area contributed by atoms with Crippen LogP contribution in [0, 0.1) is 6.92 Å². The van der Waals surface area contributed by atoms with E-state index in [2.05, 4.69) is 10.6 Å². The van der Waals surface area contributed by atoms with Gasteiger partial charge in [0.2, 0.25) is 5.91 Å². The Balaban J connectivity index is 2.39. The van der Waals surface area contributed by atoms with Crippen LogP contribution in [0.3, 0.4) is 0 Å². The maximum absolute atomic E-state index is 13.6. The fourth-order valence-corrected chi connectivity index (χ4v) is 3.61. The van der Waals surface area contributed by atoms with E-state index >= 15 is 0 Å². The number of alkyl carbamates (subject to hydrolysis) is 1. The standard InChI is InChI=1S/C27H37N3O5/c1-17(2)30(25(32)19(4)28-26(33)35-27(5,6)7)23(20-11-9-10-18(3)16-20)24(31)29-21-12-14-22(34-8)15-13-21/h9-17,19,23H,1-8H3,(H,28,33)(H,29,31). The molecule has 8 heteroatoms. The predicted octanol–water partition coefficient (Wildman–Crippen LogP) is 4.83. The summed E-state index contributed by atoms with van der Waals surface area (Å²) in [7, 11) is 1.57. The summed E-state index contributed by atoms with van der Waals surface area (Å²) in [6.07, 6.45) is -0.697. The molecule has 2 atom stereocenters. The van der Waals surface area contributed by atoms with Gasteiger partial charge in [0, 0.05) is 11.7 Å². The van der Waals surface area contributed by atoms with E-state index in [1.54, 1.807) is 59.1 Å². The van der Waals surface area contributed by atoms with Crippen molar-refractivity contribution in [2.24, 2.45) is 0 Å². The molecule has 0 aromatic heterocycles.